The number of nitrogens with one attached hydrogen (secondary N) is 1. The van der Waals surface area contributed by atoms with E-state index < -0.39 is 0 Å². The first-order valence-electron chi connectivity index (χ1n) is 7.27. The Hall–Kier alpha value is -1.61. The SMILES string of the molecule is CCCNCc1cnoc1-c1ccc(C(C)(C)C)cc1. The lowest BCUT2D eigenvalue weighted by Gasteiger charge is -2.18. The van der Waals surface area contributed by atoms with Crippen LogP contribution in [0, 0.1) is 0 Å². The third-order valence-corrected chi connectivity index (χ3v) is 3.40. The highest BCUT2D eigenvalue weighted by Crippen LogP contribution is 2.27. The summed E-state index contributed by atoms with van der Waals surface area (Å²) in [5.41, 5.74) is 3.70. The summed E-state index contributed by atoms with van der Waals surface area (Å²) in [4.78, 5) is 0. The summed E-state index contributed by atoms with van der Waals surface area (Å²) in [6.45, 7) is 10.6. The van der Waals surface area contributed by atoms with E-state index in [0.717, 1.165) is 36.4 Å². The van der Waals surface area contributed by atoms with Crippen LogP contribution in [0.15, 0.2) is 35.0 Å². The molecule has 1 N–H and O–H groups in total. The Morgan fingerprint density at radius 3 is 2.45 bits per heavy atom. The van der Waals surface area contributed by atoms with Crippen molar-refractivity contribution in [3.63, 3.8) is 0 Å². The second kappa shape index (κ2) is 6.23. The highest BCUT2D eigenvalue weighted by atomic mass is 16.5. The van der Waals surface area contributed by atoms with Gasteiger partial charge in [0.2, 0.25) is 0 Å². The van der Waals surface area contributed by atoms with E-state index in [9.17, 15) is 0 Å². The van der Waals surface area contributed by atoms with Gasteiger partial charge in [0.15, 0.2) is 5.76 Å². The van der Waals surface area contributed by atoms with E-state index in [2.05, 4.69) is 62.4 Å². The fourth-order valence-corrected chi connectivity index (χ4v) is 2.15. The van der Waals surface area contributed by atoms with Crippen LogP contribution >= 0.6 is 0 Å². The van der Waals surface area contributed by atoms with Crippen molar-refractivity contribution in [1.82, 2.24) is 10.5 Å². The van der Waals surface area contributed by atoms with Gasteiger partial charge in [-0.05, 0) is 23.9 Å². The highest BCUT2D eigenvalue weighted by Gasteiger charge is 2.15. The lowest BCUT2D eigenvalue weighted by molar-refractivity contribution is 0.431. The van der Waals surface area contributed by atoms with E-state index in [4.69, 9.17) is 4.52 Å². The van der Waals surface area contributed by atoms with E-state index in [-0.39, 0.29) is 5.41 Å². The Morgan fingerprint density at radius 1 is 1.15 bits per heavy atom. The summed E-state index contributed by atoms with van der Waals surface area (Å²) in [6.07, 6.45) is 2.93. The van der Waals surface area contributed by atoms with E-state index in [1.807, 2.05) is 0 Å². The number of nitrogens with zero attached hydrogens (tertiary/aromatic N) is 1. The summed E-state index contributed by atoms with van der Waals surface area (Å²) in [5.74, 6) is 0.870. The van der Waals surface area contributed by atoms with Gasteiger partial charge in [0.25, 0.3) is 0 Å². The molecule has 3 heteroatoms. The summed E-state index contributed by atoms with van der Waals surface area (Å²) in [6, 6.07) is 8.57. The van der Waals surface area contributed by atoms with Gasteiger partial charge in [-0.15, -0.1) is 0 Å². The van der Waals surface area contributed by atoms with Crippen LogP contribution in [0.2, 0.25) is 0 Å². The summed E-state index contributed by atoms with van der Waals surface area (Å²) in [5, 5.41) is 7.32. The van der Waals surface area contributed by atoms with Crippen LogP contribution in [0.25, 0.3) is 11.3 Å². The fraction of sp³-hybridized carbons (Fsp3) is 0.471. The highest BCUT2D eigenvalue weighted by molar-refractivity contribution is 5.61. The van der Waals surface area contributed by atoms with Gasteiger partial charge in [-0.2, -0.15) is 0 Å². The molecule has 20 heavy (non-hydrogen) atoms. The van der Waals surface area contributed by atoms with Crippen molar-refractivity contribution < 1.29 is 4.52 Å². The van der Waals surface area contributed by atoms with Crippen molar-refractivity contribution in [1.29, 1.82) is 0 Å². The maximum atomic E-state index is 5.42. The number of aromatic nitrogens is 1. The lowest BCUT2D eigenvalue weighted by Crippen LogP contribution is -2.13. The van der Waals surface area contributed by atoms with Crippen molar-refractivity contribution in [3.8, 4) is 11.3 Å². The summed E-state index contributed by atoms with van der Waals surface area (Å²) >= 11 is 0. The molecule has 0 aliphatic carbocycles. The molecule has 0 radical (unpaired) electrons. The minimum atomic E-state index is 0.172. The normalized spacial score (nSPS) is 11.8. The zero-order chi connectivity index (χ0) is 14.6. The number of benzene rings is 1. The quantitative estimate of drug-likeness (QED) is 0.831. The van der Waals surface area contributed by atoms with E-state index in [1.165, 1.54) is 5.56 Å². The molecule has 1 aromatic carbocycles. The molecular weight excluding hydrogens is 248 g/mol. The Bertz CT molecular complexity index is 535. The zero-order valence-electron chi connectivity index (χ0n) is 12.9. The molecular formula is C17H24N2O. The number of hydrogen-bond donors (Lipinski definition) is 1. The maximum absolute atomic E-state index is 5.42. The van der Waals surface area contributed by atoms with Crippen LogP contribution in [0.3, 0.4) is 0 Å². The molecule has 0 aliphatic heterocycles. The van der Waals surface area contributed by atoms with Crippen LogP contribution in [0.5, 0.6) is 0 Å². The molecule has 1 heterocycles. The van der Waals surface area contributed by atoms with Crippen LogP contribution in [0.1, 0.15) is 45.2 Å². The average molecular weight is 272 g/mol. The molecule has 3 nitrogen and oxygen atoms in total. The van der Waals surface area contributed by atoms with Crippen LogP contribution in [0.4, 0.5) is 0 Å². The first kappa shape index (κ1) is 14.8. The second-order valence-corrected chi connectivity index (χ2v) is 6.18. The van der Waals surface area contributed by atoms with Crippen molar-refractivity contribution in [2.75, 3.05) is 6.54 Å². The van der Waals surface area contributed by atoms with Gasteiger partial charge in [-0.25, -0.2) is 0 Å². The van der Waals surface area contributed by atoms with Gasteiger partial charge in [-0.3, -0.25) is 0 Å². The van der Waals surface area contributed by atoms with Crippen molar-refractivity contribution in [2.45, 2.75) is 46.1 Å². The summed E-state index contributed by atoms with van der Waals surface area (Å²) < 4.78 is 5.42. The number of rotatable bonds is 5. The van der Waals surface area contributed by atoms with Crippen LogP contribution in [-0.4, -0.2) is 11.7 Å². The van der Waals surface area contributed by atoms with Crippen LogP contribution in [-0.2, 0) is 12.0 Å². The van der Waals surface area contributed by atoms with Gasteiger partial charge in [0.05, 0.1) is 6.20 Å². The van der Waals surface area contributed by atoms with Crippen molar-refractivity contribution in [3.05, 3.63) is 41.6 Å². The predicted molar refractivity (Wildman–Crippen MR) is 82.6 cm³/mol. The molecule has 0 bridgehead atoms. The third kappa shape index (κ3) is 3.48. The predicted octanol–water partition coefficient (Wildman–Crippen LogP) is 4.14. The molecule has 0 saturated heterocycles. The summed E-state index contributed by atoms with van der Waals surface area (Å²) in [7, 11) is 0. The molecule has 108 valence electrons. The first-order valence-corrected chi connectivity index (χ1v) is 7.27. The smallest absolute Gasteiger partial charge is 0.171 e. The Balaban J connectivity index is 2.18. The molecule has 0 amide bonds. The maximum Gasteiger partial charge on any atom is 0.171 e. The van der Waals surface area contributed by atoms with Gasteiger partial charge in [0.1, 0.15) is 0 Å². The second-order valence-electron chi connectivity index (χ2n) is 6.18. The molecule has 0 atom stereocenters. The molecule has 0 aliphatic rings. The fourth-order valence-electron chi connectivity index (χ4n) is 2.15. The van der Waals surface area contributed by atoms with Gasteiger partial charge in [0, 0.05) is 17.7 Å². The zero-order valence-corrected chi connectivity index (χ0v) is 12.9. The van der Waals surface area contributed by atoms with E-state index in [0.29, 0.717) is 0 Å². The van der Waals surface area contributed by atoms with Gasteiger partial charge in [-0.1, -0.05) is 57.1 Å². The standard InChI is InChI=1S/C17H24N2O/c1-5-10-18-11-14-12-19-20-16(14)13-6-8-15(9-7-13)17(2,3)4/h6-9,12,18H,5,10-11H2,1-4H3. The van der Waals surface area contributed by atoms with Gasteiger partial charge >= 0.3 is 0 Å². The largest absolute Gasteiger partial charge is 0.356 e. The minimum absolute atomic E-state index is 0.172. The molecule has 0 unspecified atom stereocenters. The molecule has 2 rings (SSSR count). The molecule has 0 fully saturated rings. The Labute approximate surface area is 121 Å². The molecule has 0 saturated carbocycles. The van der Waals surface area contributed by atoms with Gasteiger partial charge < -0.3 is 9.84 Å². The Kier molecular flexibility index (Phi) is 4.61. The average Bonchev–Trinajstić information content (AvgIpc) is 2.87. The van der Waals surface area contributed by atoms with E-state index in [1.54, 1.807) is 6.20 Å². The first-order chi connectivity index (χ1) is 9.52. The van der Waals surface area contributed by atoms with Crippen LogP contribution < -0.4 is 5.32 Å². The topological polar surface area (TPSA) is 38.1 Å². The molecule has 2 aromatic rings. The number of hydrogen-bond acceptors (Lipinski definition) is 3. The van der Waals surface area contributed by atoms with Crippen molar-refractivity contribution >= 4 is 0 Å². The molecule has 1 aromatic heterocycles. The molecule has 0 spiro atoms. The Morgan fingerprint density at radius 2 is 1.85 bits per heavy atom. The van der Waals surface area contributed by atoms with E-state index >= 15 is 0 Å². The third-order valence-electron chi connectivity index (χ3n) is 3.40. The minimum Gasteiger partial charge on any atom is -0.356 e. The van der Waals surface area contributed by atoms with Crippen molar-refractivity contribution in [2.24, 2.45) is 0 Å². The lowest BCUT2D eigenvalue weighted by atomic mass is 9.86. The monoisotopic (exact) mass is 272 g/mol.